The summed E-state index contributed by atoms with van der Waals surface area (Å²) in [5.41, 5.74) is 1.53. The molecule has 110 valence electrons. The van der Waals surface area contributed by atoms with Crippen molar-refractivity contribution in [1.82, 2.24) is 10.2 Å². The topological polar surface area (TPSA) is 48.2 Å². The van der Waals surface area contributed by atoms with Crippen LogP contribution >= 0.6 is 0 Å². The predicted octanol–water partition coefficient (Wildman–Crippen LogP) is 4.05. The van der Waals surface area contributed by atoms with Crippen molar-refractivity contribution in [3.8, 4) is 17.2 Å². The lowest BCUT2D eigenvalue weighted by molar-refractivity contribution is 0.415. The summed E-state index contributed by atoms with van der Waals surface area (Å²) in [5.74, 6) is 1.10. The summed E-state index contributed by atoms with van der Waals surface area (Å²) < 4.78 is 23.8. The predicted molar refractivity (Wildman–Crippen MR) is 81.6 cm³/mol. The third-order valence-corrected chi connectivity index (χ3v) is 3.05. The zero-order valence-electron chi connectivity index (χ0n) is 11.9. The summed E-state index contributed by atoms with van der Waals surface area (Å²) >= 11 is 0. The molecular formula is C17H13FN2O2. The van der Waals surface area contributed by atoms with Crippen LogP contribution in [0.3, 0.4) is 0 Å². The Morgan fingerprint density at radius 1 is 1.05 bits per heavy atom. The fourth-order valence-corrected chi connectivity index (χ4v) is 1.92. The zero-order chi connectivity index (χ0) is 15.4. The summed E-state index contributed by atoms with van der Waals surface area (Å²) in [4.78, 5) is 0. The first-order valence-electron chi connectivity index (χ1n) is 6.66. The Morgan fingerprint density at radius 3 is 2.59 bits per heavy atom. The highest BCUT2D eigenvalue weighted by molar-refractivity contribution is 5.66. The van der Waals surface area contributed by atoms with Gasteiger partial charge < -0.3 is 9.15 Å². The van der Waals surface area contributed by atoms with Crippen molar-refractivity contribution in [3.63, 3.8) is 0 Å². The first-order chi connectivity index (χ1) is 10.7. The first-order valence-corrected chi connectivity index (χ1v) is 6.66. The van der Waals surface area contributed by atoms with Crippen molar-refractivity contribution in [1.29, 1.82) is 0 Å². The molecule has 4 nitrogen and oxygen atoms in total. The lowest BCUT2D eigenvalue weighted by Crippen LogP contribution is -1.81. The smallest absolute Gasteiger partial charge is 0.248 e. The van der Waals surface area contributed by atoms with Gasteiger partial charge in [-0.3, -0.25) is 0 Å². The molecule has 0 amide bonds. The quantitative estimate of drug-likeness (QED) is 0.728. The highest BCUT2D eigenvalue weighted by Gasteiger charge is 2.07. The van der Waals surface area contributed by atoms with Crippen LogP contribution in [0, 0.1) is 5.82 Å². The SMILES string of the molecule is COc1ccc(/C=C/c2nnc(-c3cccc(F)c3)o2)cc1. The molecule has 0 aliphatic heterocycles. The number of ether oxygens (including phenoxy) is 1. The van der Waals surface area contributed by atoms with Crippen LogP contribution in [0.25, 0.3) is 23.6 Å². The van der Waals surface area contributed by atoms with Gasteiger partial charge in [-0.25, -0.2) is 4.39 Å². The van der Waals surface area contributed by atoms with E-state index in [9.17, 15) is 4.39 Å². The van der Waals surface area contributed by atoms with Crippen molar-refractivity contribution in [2.75, 3.05) is 7.11 Å². The average Bonchev–Trinajstić information content (AvgIpc) is 3.02. The van der Waals surface area contributed by atoms with Crippen molar-refractivity contribution in [2.24, 2.45) is 0 Å². The number of benzene rings is 2. The van der Waals surface area contributed by atoms with Gasteiger partial charge in [0, 0.05) is 11.6 Å². The van der Waals surface area contributed by atoms with E-state index in [1.165, 1.54) is 12.1 Å². The molecule has 0 fully saturated rings. The minimum Gasteiger partial charge on any atom is -0.497 e. The molecule has 5 heteroatoms. The highest BCUT2D eigenvalue weighted by atomic mass is 19.1. The Morgan fingerprint density at radius 2 is 1.86 bits per heavy atom. The molecule has 0 saturated heterocycles. The van der Waals surface area contributed by atoms with Gasteiger partial charge in [0.15, 0.2) is 0 Å². The summed E-state index contributed by atoms with van der Waals surface area (Å²) in [7, 11) is 1.62. The van der Waals surface area contributed by atoms with Crippen LogP contribution in [-0.4, -0.2) is 17.3 Å². The normalized spacial score (nSPS) is 11.0. The molecule has 0 bridgehead atoms. The molecule has 1 aromatic heterocycles. The molecule has 2 aromatic carbocycles. The van der Waals surface area contributed by atoms with Gasteiger partial charge in [-0.15, -0.1) is 10.2 Å². The fraction of sp³-hybridized carbons (Fsp3) is 0.0588. The van der Waals surface area contributed by atoms with Gasteiger partial charge in [0.05, 0.1) is 7.11 Å². The second-order valence-electron chi connectivity index (χ2n) is 4.56. The second kappa shape index (κ2) is 6.22. The standard InChI is InChI=1S/C17H13FN2O2/c1-21-15-8-5-12(6-9-15)7-10-16-19-20-17(22-16)13-3-2-4-14(18)11-13/h2-11H,1H3/b10-7+. The molecule has 0 spiro atoms. The molecule has 0 aliphatic rings. The molecule has 0 unspecified atom stereocenters. The molecule has 0 aliphatic carbocycles. The first kappa shape index (κ1) is 14.0. The van der Waals surface area contributed by atoms with Crippen molar-refractivity contribution < 1.29 is 13.5 Å². The van der Waals surface area contributed by atoms with Gasteiger partial charge in [0.25, 0.3) is 0 Å². The van der Waals surface area contributed by atoms with Gasteiger partial charge in [-0.1, -0.05) is 18.2 Å². The highest BCUT2D eigenvalue weighted by Crippen LogP contribution is 2.19. The molecule has 0 atom stereocenters. The van der Waals surface area contributed by atoms with Crippen LogP contribution < -0.4 is 4.74 Å². The molecule has 1 heterocycles. The summed E-state index contributed by atoms with van der Waals surface area (Å²) in [5, 5.41) is 7.83. The van der Waals surface area contributed by atoms with Crippen LogP contribution in [0.2, 0.25) is 0 Å². The van der Waals surface area contributed by atoms with Crippen molar-refractivity contribution in [2.45, 2.75) is 0 Å². The Labute approximate surface area is 126 Å². The number of aromatic nitrogens is 2. The maximum absolute atomic E-state index is 13.2. The Hall–Kier alpha value is -2.95. The third-order valence-electron chi connectivity index (χ3n) is 3.05. The van der Waals surface area contributed by atoms with E-state index in [-0.39, 0.29) is 11.7 Å². The Balaban J connectivity index is 1.77. The van der Waals surface area contributed by atoms with E-state index in [1.54, 1.807) is 25.3 Å². The van der Waals surface area contributed by atoms with Crippen molar-refractivity contribution >= 4 is 12.2 Å². The van der Waals surface area contributed by atoms with Crippen LogP contribution in [-0.2, 0) is 0 Å². The van der Waals surface area contributed by atoms with Crippen LogP contribution in [0.5, 0.6) is 5.75 Å². The van der Waals surface area contributed by atoms with Gasteiger partial charge >= 0.3 is 0 Å². The molecule has 0 saturated carbocycles. The number of hydrogen-bond acceptors (Lipinski definition) is 4. The fourth-order valence-electron chi connectivity index (χ4n) is 1.92. The second-order valence-corrected chi connectivity index (χ2v) is 4.56. The minimum absolute atomic E-state index is 0.286. The molecule has 3 rings (SSSR count). The molecule has 0 N–H and O–H groups in total. The van der Waals surface area contributed by atoms with Crippen molar-refractivity contribution in [3.05, 3.63) is 65.8 Å². The Kier molecular flexibility index (Phi) is 3.96. The summed E-state index contributed by atoms with van der Waals surface area (Å²) in [6.07, 6.45) is 3.56. The maximum atomic E-state index is 13.2. The molecule has 0 radical (unpaired) electrons. The molecule has 3 aromatic rings. The average molecular weight is 296 g/mol. The van der Waals surface area contributed by atoms with E-state index in [0.717, 1.165) is 11.3 Å². The van der Waals surface area contributed by atoms with Gasteiger partial charge in [-0.05, 0) is 42.0 Å². The lowest BCUT2D eigenvalue weighted by Gasteiger charge is -1.98. The summed E-state index contributed by atoms with van der Waals surface area (Å²) in [6, 6.07) is 13.6. The van der Waals surface area contributed by atoms with E-state index < -0.39 is 0 Å². The minimum atomic E-state index is -0.342. The van der Waals surface area contributed by atoms with E-state index in [1.807, 2.05) is 30.3 Å². The van der Waals surface area contributed by atoms with Crippen LogP contribution in [0.4, 0.5) is 4.39 Å². The van der Waals surface area contributed by atoms with E-state index in [4.69, 9.17) is 9.15 Å². The molecule has 22 heavy (non-hydrogen) atoms. The summed E-state index contributed by atoms with van der Waals surface area (Å²) in [6.45, 7) is 0. The zero-order valence-corrected chi connectivity index (χ0v) is 11.9. The van der Waals surface area contributed by atoms with E-state index in [0.29, 0.717) is 11.5 Å². The number of halogens is 1. The van der Waals surface area contributed by atoms with Gasteiger partial charge in [-0.2, -0.15) is 0 Å². The molecular weight excluding hydrogens is 283 g/mol. The largest absolute Gasteiger partial charge is 0.497 e. The van der Waals surface area contributed by atoms with E-state index >= 15 is 0 Å². The van der Waals surface area contributed by atoms with Crippen LogP contribution in [0.1, 0.15) is 11.5 Å². The van der Waals surface area contributed by atoms with Gasteiger partial charge in [0.1, 0.15) is 11.6 Å². The number of methoxy groups -OCH3 is 1. The lowest BCUT2D eigenvalue weighted by atomic mass is 10.2. The monoisotopic (exact) mass is 296 g/mol. The number of rotatable bonds is 4. The number of nitrogens with zero attached hydrogens (tertiary/aromatic N) is 2. The maximum Gasteiger partial charge on any atom is 0.248 e. The van der Waals surface area contributed by atoms with Gasteiger partial charge in [0.2, 0.25) is 11.8 Å². The van der Waals surface area contributed by atoms with Crippen LogP contribution in [0.15, 0.2) is 52.9 Å². The number of hydrogen-bond donors (Lipinski definition) is 0. The Bertz CT molecular complexity index is 794. The third kappa shape index (κ3) is 3.20. The van der Waals surface area contributed by atoms with E-state index in [2.05, 4.69) is 10.2 Å².